The largest absolute Gasteiger partial charge is 0.333 e. The third kappa shape index (κ3) is 2.03. The fourth-order valence-electron chi connectivity index (χ4n) is 1.25. The topological polar surface area (TPSA) is 17.8 Å². The number of aromatic nitrogens is 2. The lowest BCUT2D eigenvalue weighted by molar-refractivity contribution is 0.0544. The van der Waals surface area contributed by atoms with Crippen LogP contribution in [0.25, 0.3) is 11.3 Å². The highest BCUT2D eigenvalue weighted by Crippen LogP contribution is 2.25. The lowest BCUT2D eigenvalue weighted by Gasteiger charge is -2.01. The number of thiophene rings is 1. The van der Waals surface area contributed by atoms with Crippen LogP contribution < -0.4 is 0 Å². The Balaban J connectivity index is 2.43. The van der Waals surface area contributed by atoms with Gasteiger partial charge in [-0.3, -0.25) is 0 Å². The standard InChI is InChI=1S/C9H7ClF2N2S/c10-4-7-3-8(6-1-2-15-5-6)13-14(7)9(11)12/h1-3,5,9H,4H2. The molecule has 0 atom stereocenters. The summed E-state index contributed by atoms with van der Waals surface area (Å²) in [5.74, 6) is 0.0292. The average molecular weight is 249 g/mol. The van der Waals surface area contributed by atoms with Gasteiger partial charge in [-0.2, -0.15) is 25.2 Å². The molecular formula is C9H7ClF2N2S. The Labute approximate surface area is 94.1 Å². The van der Waals surface area contributed by atoms with E-state index in [0.717, 1.165) is 5.56 Å². The van der Waals surface area contributed by atoms with E-state index in [2.05, 4.69) is 5.10 Å². The highest BCUT2D eigenvalue weighted by Gasteiger charge is 2.15. The second kappa shape index (κ2) is 4.28. The van der Waals surface area contributed by atoms with Gasteiger partial charge in [-0.25, -0.2) is 4.68 Å². The summed E-state index contributed by atoms with van der Waals surface area (Å²) in [6.07, 6.45) is 0. The lowest BCUT2D eigenvalue weighted by atomic mass is 10.2. The van der Waals surface area contributed by atoms with Gasteiger partial charge < -0.3 is 0 Å². The Hall–Kier alpha value is -0.940. The molecule has 15 heavy (non-hydrogen) atoms. The van der Waals surface area contributed by atoms with Crippen LogP contribution in [-0.2, 0) is 5.88 Å². The fraction of sp³-hybridized carbons (Fsp3) is 0.222. The first-order valence-corrected chi connectivity index (χ1v) is 5.65. The summed E-state index contributed by atoms with van der Waals surface area (Å²) in [4.78, 5) is 0. The summed E-state index contributed by atoms with van der Waals surface area (Å²) >= 11 is 7.06. The lowest BCUT2D eigenvalue weighted by Crippen LogP contribution is -2.03. The van der Waals surface area contributed by atoms with Crippen LogP contribution in [0, 0.1) is 0 Å². The molecule has 0 aliphatic carbocycles. The van der Waals surface area contributed by atoms with E-state index in [-0.39, 0.29) is 5.88 Å². The van der Waals surface area contributed by atoms with Crippen molar-refractivity contribution in [3.05, 3.63) is 28.6 Å². The Morgan fingerprint density at radius 3 is 2.80 bits per heavy atom. The minimum absolute atomic E-state index is 0.0292. The van der Waals surface area contributed by atoms with Gasteiger partial charge in [0.25, 0.3) is 0 Å². The minimum Gasteiger partial charge on any atom is -0.207 e. The smallest absolute Gasteiger partial charge is 0.207 e. The van der Waals surface area contributed by atoms with Crippen LogP contribution in [0.2, 0.25) is 0 Å². The maximum absolute atomic E-state index is 12.5. The molecule has 0 spiro atoms. The monoisotopic (exact) mass is 248 g/mol. The van der Waals surface area contributed by atoms with Crippen molar-refractivity contribution >= 4 is 22.9 Å². The number of alkyl halides is 3. The summed E-state index contributed by atoms with van der Waals surface area (Å²) in [5.41, 5.74) is 1.70. The summed E-state index contributed by atoms with van der Waals surface area (Å²) in [5, 5.41) is 7.54. The van der Waals surface area contributed by atoms with Gasteiger partial charge >= 0.3 is 6.55 Å². The number of rotatable bonds is 3. The zero-order chi connectivity index (χ0) is 10.8. The van der Waals surface area contributed by atoms with E-state index in [1.54, 1.807) is 6.07 Å². The van der Waals surface area contributed by atoms with Crippen LogP contribution in [0.15, 0.2) is 22.9 Å². The second-order valence-electron chi connectivity index (χ2n) is 2.89. The molecular weight excluding hydrogens is 242 g/mol. The third-order valence-corrected chi connectivity index (χ3v) is 2.91. The van der Waals surface area contributed by atoms with Gasteiger partial charge in [0.05, 0.1) is 17.3 Å². The molecule has 0 saturated heterocycles. The molecule has 0 amide bonds. The molecule has 0 aromatic carbocycles. The first-order chi connectivity index (χ1) is 7.22. The highest BCUT2D eigenvalue weighted by atomic mass is 35.5. The van der Waals surface area contributed by atoms with Crippen molar-refractivity contribution in [1.82, 2.24) is 9.78 Å². The molecule has 6 heteroatoms. The SMILES string of the molecule is FC(F)n1nc(-c2ccsc2)cc1CCl. The normalized spacial score (nSPS) is 11.2. The Kier molecular flexibility index (Phi) is 3.02. The molecule has 2 rings (SSSR count). The zero-order valence-corrected chi connectivity index (χ0v) is 9.10. The van der Waals surface area contributed by atoms with Crippen LogP contribution in [0.1, 0.15) is 12.2 Å². The van der Waals surface area contributed by atoms with Crippen molar-refractivity contribution in [3.8, 4) is 11.3 Å². The quantitative estimate of drug-likeness (QED) is 0.757. The molecule has 2 aromatic rings. The molecule has 0 radical (unpaired) electrons. The van der Waals surface area contributed by atoms with Crippen molar-refractivity contribution in [3.63, 3.8) is 0 Å². The van der Waals surface area contributed by atoms with E-state index in [9.17, 15) is 8.78 Å². The van der Waals surface area contributed by atoms with E-state index >= 15 is 0 Å². The maximum atomic E-state index is 12.5. The molecule has 0 aliphatic heterocycles. The predicted molar refractivity (Wildman–Crippen MR) is 56.4 cm³/mol. The zero-order valence-electron chi connectivity index (χ0n) is 7.53. The molecule has 0 fully saturated rings. The summed E-state index contributed by atoms with van der Waals surface area (Å²) in [6.45, 7) is -2.65. The molecule has 2 aromatic heterocycles. The second-order valence-corrected chi connectivity index (χ2v) is 3.94. The third-order valence-electron chi connectivity index (χ3n) is 1.95. The summed E-state index contributed by atoms with van der Waals surface area (Å²) in [7, 11) is 0. The predicted octanol–water partition coefficient (Wildman–Crippen LogP) is 3.75. The average Bonchev–Trinajstić information content (AvgIpc) is 2.86. The molecule has 80 valence electrons. The molecule has 2 heterocycles. The first kappa shape index (κ1) is 10.6. The van der Waals surface area contributed by atoms with Gasteiger partial charge in [0.15, 0.2) is 0 Å². The number of hydrogen-bond donors (Lipinski definition) is 0. The molecule has 0 saturated carbocycles. The van der Waals surface area contributed by atoms with Crippen molar-refractivity contribution < 1.29 is 8.78 Å². The maximum Gasteiger partial charge on any atom is 0.333 e. The van der Waals surface area contributed by atoms with E-state index in [0.29, 0.717) is 16.1 Å². The van der Waals surface area contributed by atoms with Crippen LogP contribution >= 0.6 is 22.9 Å². The molecule has 0 aliphatic rings. The first-order valence-electron chi connectivity index (χ1n) is 4.17. The number of nitrogens with zero attached hydrogens (tertiary/aromatic N) is 2. The van der Waals surface area contributed by atoms with Crippen LogP contribution in [-0.4, -0.2) is 9.78 Å². The summed E-state index contributed by atoms with van der Waals surface area (Å²) < 4.78 is 25.7. The molecule has 0 unspecified atom stereocenters. The number of halogens is 3. The Bertz CT molecular complexity index is 439. The van der Waals surface area contributed by atoms with Gasteiger partial charge in [-0.1, -0.05) is 0 Å². The highest BCUT2D eigenvalue weighted by molar-refractivity contribution is 7.08. The molecule has 2 nitrogen and oxygen atoms in total. The number of hydrogen-bond acceptors (Lipinski definition) is 2. The van der Waals surface area contributed by atoms with E-state index < -0.39 is 6.55 Å². The van der Waals surface area contributed by atoms with Crippen molar-refractivity contribution in [2.24, 2.45) is 0 Å². The fourth-order valence-corrected chi connectivity index (χ4v) is 2.10. The molecule has 0 N–H and O–H groups in total. The van der Waals surface area contributed by atoms with Crippen LogP contribution in [0.4, 0.5) is 8.78 Å². The van der Waals surface area contributed by atoms with E-state index in [4.69, 9.17) is 11.6 Å². The van der Waals surface area contributed by atoms with E-state index in [1.165, 1.54) is 11.3 Å². The van der Waals surface area contributed by atoms with Gasteiger partial charge in [0, 0.05) is 10.9 Å². The van der Waals surface area contributed by atoms with Gasteiger partial charge in [0.1, 0.15) is 0 Å². The van der Waals surface area contributed by atoms with Crippen LogP contribution in [0.3, 0.4) is 0 Å². The van der Waals surface area contributed by atoms with E-state index in [1.807, 2.05) is 16.8 Å². The molecule has 0 bridgehead atoms. The Morgan fingerprint density at radius 1 is 1.53 bits per heavy atom. The van der Waals surface area contributed by atoms with Crippen LogP contribution in [0.5, 0.6) is 0 Å². The minimum atomic E-state index is -2.65. The van der Waals surface area contributed by atoms with Gasteiger partial charge in [-0.15, -0.1) is 11.6 Å². The van der Waals surface area contributed by atoms with Crippen molar-refractivity contribution in [2.75, 3.05) is 0 Å². The van der Waals surface area contributed by atoms with Gasteiger partial charge in [-0.05, 0) is 17.5 Å². The van der Waals surface area contributed by atoms with Crippen molar-refractivity contribution in [1.29, 1.82) is 0 Å². The Morgan fingerprint density at radius 2 is 2.33 bits per heavy atom. The van der Waals surface area contributed by atoms with Gasteiger partial charge in [0.2, 0.25) is 0 Å². The summed E-state index contributed by atoms with van der Waals surface area (Å²) in [6, 6.07) is 3.42. The van der Waals surface area contributed by atoms with Crippen molar-refractivity contribution in [2.45, 2.75) is 12.4 Å².